The lowest BCUT2D eigenvalue weighted by molar-refractivity contribution is 0.637. The molecule has 0 nitrogen and oxygen atoms in total. The van der Waals surface area contributed by atoms with E-state index in [0.717, 1.165) is 0 Å². The molecule has 82 valence electrons. The minimum Gasteiger partial charge on any atom is -0.130 e. The lowest BCUT2D eigenvalue weighted by Gasteiger charge is -1.94. The molecule has 0 aliphatic heterocycles. The SMILES string of the molecule is CCCCC=C=CCCCCCCC. The summed E-state index contributed by atoms with van der Waals surface area (Å²) in [4.78, 5) is 0. The van der Waals surface area contributed by atoms with Crippen LogP contribution < -0.4 is 0 Å². The van der Waals surface area contributed by atoms with Gasteiger partial charge in [0.25, 0.3) is 0 Å². The van der Waals surface area contributed by atoms with Gasteiger partial charge in [-0.1, -0.05) is 46.0 Å². The topological polar surface area (TPSA) is 0 Å². The van der Waals surface area contributed by atoms with E-state index in [4.69, 9.17) is 0 Å². The molecule has 0 fully saturated rings. The molecule has 0 bridgehead atoms. The molecule has 0 rings (SSSR count). The summed E-state index contributed by atoms with van der Waals surface area (Å²) in [5.41, 5.74) is 3.26. The molecule has 14 heavy (non-hydrogen) atoms. The fourth-order valence-electron chi connectivity index (χ4n) is 1.41. The molecule has 0 amide bonds. The van der Waals surface area contributed by atoms with Crippen molar-refractivity contribution in [3.8, 4) is 0 Å². The molecule has 0 aromatic rings. The molecule has 0 radical (unpaired) electrons. The van der Waals surface area contributed by atoms with Crippen LogP contribution in [-0.2, 0) is 0 Å². The molecule has 0 heterocycles. The summed E-state index contributed by atoms with van der Waals surface area (Å²) < 4.78 is 0. The van der Waals surface area contributed by atoms with E-state index in [-0.39, 0.29) is 0 Å². The number of allylic oxidation sites excluding steroid dienone is 1. The highest BCUT2D eigenvalue weighted by atomic mass is 13.9. The third-order valence-electron chi connectivity index (χ3n) is 2.39. The van der Waals surface area contributed by atoms with Crippen molar-refractivity contribution in [1.29, 1.82) is 0 Å². The zero-order valence-corrected chi connectivity index (χ0v) is 10.0. The van der Waals surface area contributed by atoms with E-state index in [1.54, 1.807) is 0 Å². The van der Waals surface area contributed by atoms with Gasteiger partial charge in [-0.05, 0) is 37.8 Å². The molecule has 0 heteroatoms. The largest absolute Gasteiger partial charge is 0.130 e. The van der Waals surface area contributed by atoms with Crippen molar-refractivity contribution >= 4 is 0 Å². The van der Waals surface area contributed by atoms with Crippen LogP contribution in [-0.4, -0.2) is 0 Å². The van der Waals surface area contributed by atoms with E-state index in [1.807, 2.05) is 0 Å². The van der Waals surface area contributed by atoms with Crippen molar-refractivity contribution in [3.05, 3.63) is 17.9 Å². The van der Waals surface area contributed by atoms with Gasteiger partial charge in [0.2, 0.25) is 0 Å². The fourth-order valence-corrected chi connectivity index (χ4v) is 1.41. The summed E-state index contributed by atoms with van der Waals surface area (Å²) in [5, 5.41) is 0. The maximum atomic E-state index is 3.26. The third-order valence-corrected chi connectivity index (χ3v) is 2.39. The van der Waals surface area contributed by atoms with Gasteiger partial charge in [0, 0.05) is 0 Å². The molecule has 0 saturated heterocycles. The smallest absolute Gasteiger partial charge is 0.0274 e. The first-order chi connectivity index (χ1) is 6.91. The quantitative estimate of drug-likeness (QED) is 0.347. The second kappa shape index (κ2) is 12.5. The highest BCUT2D eigenvalue weighted by molar-refractivity contribution is 4.84. The summed E-state index contributed by atoms with van der Waals surface area (Å²) in [5.74, 6) is 0. The molecular weight excluding hydrogens is 168 g/mol. The standard InChI is InChI=1S/C14H26/c1-3-5-7-9-11-13-14-12-10-8-6-4-2/h9,13H,3-8,10,12,14H2,1-2H3. The van der Waals surface area contributed by atoms with Gasteiger partial charge in [-0.25, -0.2) is 0 Å². The van der Waals surface area contributed by atoms with E-state index in [9.17, 15) is 0 Å². The van der Waals surface area contributed by atoms with Crippen LogP contribution in [0.15, 0.2) is 17.9 Å². The molecule has 0 aromatic heterocycles. The minimum atomic E-state index is 1.20. The highest BCUT2D eigenvalue weighted by Gasteiger charge is 1.85. The van der Waals surface area contributed by atoms with Gasteiger partial charge in [-0.15, -0.1) is 5.73 Å². The van der Waals surface area contributed by atoms with E-state index in [1.165, 1.54) is 57.8 Å². The van der Waals surface area contributed by atoms with Crippen molar-refractivity contribution in [2.24, 2.45) is 0 Å². The summed E-state index contributed by atoms with van der Waals surface area (Å²) in [6.45, 7) is 4.49. The van der Waals surface area contributed by atoms with Crippen LogP contribution in [0, 0.1) is 0 Å². The average molecular weight is 194 g/mol. The van der Waals surface area contributed by atoms with Gasteiger partial charge in [0.05, 0.1) is 0 Å². The van der Waals surface area contributed by atoms with Gasteiger partial charge < -0.3 is 0 Å². The highest BCUT2D eigenvalue weighted by Crippen LogP contribution is 2.04. The van der Waals surface area contributed by atoms with Crippen LogP contribution in [0.25, 0.3) is 0 Å². The predicted molar refractivity (Wildman–Crippen MR) is 65.6 cm³/mol. The second-order valence-corrected chi connectivity index (χ2v) is 3.92. The Morgan fingerprint density at radius 1 is 0.714 bits per heavy atom. The van der Waals surface area contributed by atoms with Crippen LogP contribution in [0.5, 0.6) is 0 Å². The summed E-state index contributed by atoms with van der Waals surface area (Å²) in [6.07, 6.45) is 16.3. The summed E-state index contributed by atoms with van der Waals surface area (Å²) in [6, 6.07) is 0. The Kier molecular flexibility index (Phi) is 12.1. The Morgan fingerprint density at radius 2 is 1.29 bits per heavy atom. The second-order valence-electron chi connectivity index (χ2n) is 3.92. The van der Waals surface area contributed by atoms with Crippen LogP contribution in [0.3, 0.4) is 0 Å². The van der Waals surface area contributed by atoms with Gasteiger partial charge >= 0.3 is 0 Å². The normalized spacial score (nSPS) is 9.57. The minimum absolute atomic E-state index is 1.20. The molecule has 0 atom stereocenters. The number of hydrogen-bond acceptors (Lipinski definition) is 0. The fraction of sp³-hybridized carbons (Fsp3) is 0.786. The zero-order chi connectivity index (χ0) is 10.5. The van der Waals surface area contributed by atoms with E-state index in [2.05, 4.69) is 31.7 Å². The van der Waals surface area contributed by atoms with Gasteiger partial charge in [0.15, 0.2) is 0 Å². The Hall–Kier alpha value is -0.480. The maximum Gasteiger partial charge on any atom is -0.0274 e. The van der Waals surface area contributed by atoms with Crippen molar-refractivity contribution in [2.75, 3.05) is 0 Å². The monoisotopic (exact) mass is 194 g/mol. The maximum absolute atomic E-state index is 3.26. The van der Waals surface area contributed by atoms with Crippen LogP contribution >= 0.6 is 0 Å². The molecule has 0 saturated carbocycles. The van der Waals surface area contributed by atoms with E-state index >= 15 is 0 Å². The summed E-state index contributed by atoms with van der Waals surface area (Å²) >= 11 is 0. The first-order valence-corrected chi connectivity index (χ1v) is 6.31. The molecule has 0 N–H and O–H groups in total. The molecular formula is C14H26. The van der Waals surface area contributed by atoms with Crippen molar-refractivity contribution in [1.82, 2.24) is 0 Å². The molecule has 0 unspecified atom stereocenters. The molecule has 0 spiro atoms. The van der Waals surface area contributed by atoms with Gasteiger partial charge in [-0.3, -0.25) is 0 Å². The van der Waals surface area contributed by atoms with Gasteiger partial charge in [0.1, 0.15) is 0 Å². The van der Waals surface area contributed by atoms with Crippen molar-refractivity contribution in [2.45, 2.75) is 71.6 Å². The van der Waals surface area contributed by atoms with Crippen LogP contribution in [0.1, 0.15) is 71.6 Å². The zero-order valence-electron chi connectivity index (χ0n) is 10.0. The average Bonchev–Trinajstić information content (AvgIpc) is 2.21. The van der Waals surface area contributed by atoms with Crippen LogP contribution in [0.2, 0.25) is 0 Å². The Morgan fingerprint density at radius 3 is 1.93 bits per heavy atom. The van der Waals surface area contributed by atoms with Crippen molar-refractivity contribution < 1.29 is 0 Å². The Bertz CT molecular complexity index is 149. The van der Waals surface area contributed by atoms with Crippen LogP contribution in [0.4, 0.5) is 0 Å². The molecule has 0 aromatic carbocycles. The lowest BCUT2D eigenvalue weighted by atomic mass is 10.1. The van der Waals surface area contributed by atoms with E-state index < -0.39 is 0 Å². The number of rotatable bonds is 9. The Balaban J connectivity index is 3.13. The van der Waals surface area contributed by atoms with E-state index in [0.29, 0.717) is 0 Å². The molecule has 0 aliphatic carbocycles. The third kappa shape index (κ3) is 11.5. The van der Waals surface area contributed by atoms with Gasteiger partial charge in [-0.2, -0.15) is 0 Å². The lowest BCUT2D eigenvalue weighted by Crippen LogP contribution is -1.75. The predicted octanol–water partition coefficient (Wildman–Crippen LogP) is 5.25. The first kappa shape index (κ1) is 13.5. The van der Waals surface area contributed by atoms with Crippen molar-refractivity contribution in [3.63, 3.8) is 0 Å². The first-order valence-electron chi connectivity index (χ1n) is 6.31. The summed E-state index contributed by atoms with van der Waals surface area (Å²) in [7, 11) is 0. The number of hydrogen-bond donors (Lipinski definition) is 0. The number of unbranched alkanes of at least 4 members (excludes halogenated alkanes) is 7. The molecule has 0 aliphatic rings. The Labute approximate surface area is 90.1 Å².